The molecular formula is C12H11ClN4O3. The topological polar surface area (TPSA) is 90.1 Å². The van der Waals surface area contributed by atoms with Crippen molar-refractivity contribution in [3.63, 3.8) is 0 Å². The van der Waals surface area contributed by atoms with E-state index < -0.39 is 10.8 Å². The molecule has 8 heteroatoms. The largest absolute Gasteiger partial charge is 0.319 e. The monoisotopic (exact) mass is 294 g/mol. The molecule has 104 valence electrons. The van der Waals surface area contributed by atoms with Crippen LogP contribution >= 0.6 is 11.6 Å². The molecule has 20 heavy (non-hydrogen) atoms. The van der Waals surface area contributed by atoms with Crippen LogP contribution in [0.2, 0.25) is 5.02 Å². The number of nitro benzene ring substituents is 1. The van der Waals surface area contributed by atoms with Gasteiger partial charge in [0.2, 0.25) is 5.91 Å². The van der Waals surface area contributed by atoms with E-state index in [2.05, 4.69) is 10.4 Å². The van der Waals surface area contributed by atoms with Crippen LogP contribution in [0.1, 0.15) is 5.69 Å². The summed E-state index contributed by atoms with van der Waals surface area (Å²) in [5.41, 5.74) is 0.609. The summed E-state index contributed by atoms with van der Waals surface area (Å²) in [4.78, 5) is 22.1. The zero-order valence-electron chi connectivity index (χ0n) is 10.5. The van der Waals surface area contributed by atoms with Gasteiger partial charge in [0.25, 0.3) is 5.69 Å². The lowest BCUT2D eigenvalue weighted by Crippen LogP contribution is -2.19. The summed E-state index contributed by atoms with van der Waals surface area (Å²) in [7, 11) is 0. The van der Waals surface area contributed by atoms with Gasteiger partial charge >= 0.3 is 0 Å². The van der Waals surface area contributed by atoms with Crippen molar-refractivity contribution in [3.05, 3.63) is 51.3 Å². The molecule has 2 rings (SSSR count). The second-order valence-corrected chi connectivity index (χ2v) is 4.49. The molecule has 2 aromatic rings. The molecule has 1 heterocycles. The van der Waals surface area contributed by atoms with E-state index in [1.54, 1.807) is 13.0 Å². The van der Waals surface area contributed by atoms with E-state index in [0.717, 1.165) is 0 Å². The number of nitrogens with one attached hydrogen (secondary N) is 1. The van der Waals surface area contributed by atoms with Gasteiger partial charge in [0.15, 0.2) is 0 Å². The van der Waals surface area contributed by atoms with Gasteiger partial charge in [0.05, 0.1) is 15.6 Å². The van der Waals surface area contributed by atoms with Crippen molar-refractivity contribution < 1.29 is 9.72 Å². The first kappa shape index (κ1) is 14.0. The molecule has 1 amide bonds. The number of rotatable bonds is 4. The van der Waals surface area contributed by atoms with Gasteiger partial charge in [0.1, 0.15) is 12.2 Å². The van der Waals surface area contributed by atoms with Gasteiger partial charge in [-0.3, -0.25) is 19.6 Å². The maximum absolute atomic E-state index is 11.8. The van der Waals surface area contributed by atoms with Crippen LogP contribution in [0.4, 0.5) is 11.4 Å². The van der Waals surface area contributed by atoms with Crippen LogP contribution in [-0.4, -0.2) is 20.6 Å². The predicted octanol–water partition coefficient (Wildman–Crippen LogP) is 2.39. The average Bonchev–Trinajstić information content (AvgIpc) is 2.68. The molecule has 0 spiro atoms. The Hall–Kier alpha value is -2.41. The standard InChI is InChI=1S/C12H11ClN4O3/c1-8-9(13)6-16(15-8)7-12(18)14-10-4-2-3-5-11(10)17(19)20/h2-6H,7H2,1H3,(H,14,18). The quantitative estimate of drug-likeness (QED) is 0.692. The molecule has 0 aliphatic heterocycles. The van der Waals surface area contributed by atoms with Gasteiger partial charge in [-0.05, 0) is 13.0 Å². The van der Waals surface area contributed by atoms with Crippen LogP contribution in [-0.2, 0) is 11.3 Å². The lowest BCUT2D eigenvalue weighted by molar-refractivity contribution is -0.383. The van der Waals surface area contributed by atoms with E-state index in [4.69, 9.17) is 11.6 Å². The van der Waals surface area contributed by atoms with Crippen LogP contribution < -0.4 is 5.32 Å². The van der Waals surface area contributed by atoms with E-state index in [1.807, 2.05) is 0 Å². The summed E-state index contributed by atoms with van der Waals surface area (Å²) in [6.45, 7) is 1.65. The fourth-order valence-corrected chi connectivity index (χ4v) is 1.80. The van der Waals surface area contributed by atoms with E-state index in [-0.39, 0.29) is 17.9 Å². The van der Waals surface area contributed by atoms with Crippen molar-refractivity contribution in [1.29, 1.82) is 0 Å². The lowest BCUT2D eigenvalue weighted by atomic mass is 10.2. The highest BCUT2D eigenvalue weighted by atomic mass is 35.5. The van der Waals surface area contributed by atoms with Gasteiger partial charge < -0.3 is 5.32 Å². The number of benzene rings is 1. The predicted molar refractivity (Wildman–Crippen MR) is 73.7 cm³/mol. The Morgan fingerprint density at radius 1 is 1.50 bits per heavy atom. The zero-order chi connectivity index (χ0) is 14.7. The number of anilines is 1. The van der Waals surface area contributed by atoms with Gasteiger partial charge in [-0.2, -0.15) is 5.10 Å². The molecule has 0 atom stereocenters. The van der Waals surface area contributed by atoms with Crippen LogP contribution in [0.25, 0.3) is 0 Å². The van der Waals surface area contributed by atoms with Crippen LogP contribution in [0.5, 0.6) is 0 Å². The highest BCUT2D eigenvalue weighted by molar-refractivity contribution is 6.31. The number of nitrogens with zero attached hydrogens (tertiary/aromatic N) is 3. The summed E-state index contributed by atoms with van der Waals surface area (Å²) in [6, 6.07) is 5.93. The van der Waals surface area contributed by atoms with Gasteiger partial charge in [-0.15, -0.1) is 0 Å². The maximum atomic E-state index is 11.8. The van der Waals surface area contributed by atoms with Crippen LogP contribution in [0.3, 0.4) is 0 Å². The first-order chi connectivity index (χ1) is 9.47. The lowest BCUT2D eigenvalue weighted by Gasteiger charge is -2.05. The molecule has 0 aliphatic rings. The summed E-state index contributed by atoms with van der Waals surface area (Å²) >= 11 is 5.84. The van der Waals surface area contributed by atoms with Crippen molar-refractivity contribution in [1.82, 2.24) is 9.78 Å². The number of halogens is 1. The van der Waals surface area contributed by atoms with Gasteiger partial charge in [-0.1, -0.05) is 23.7 Å². The van der Waals surface area contributed by atoms with Crippen molar-refractivity contribution in [2.75, 3.05) is 5.32 Å². The first-order valence-electron chi connectivity index (χ1n) is 5.70. The van der Waals surface area contributed by atoms with Crippen LogP contribution in [0.15, 0.2) is 30.5 Å². The Kier molecular flexibility index (Phi) is 3.99. The number of aromatic nitrogens is 2. The highest BCUT2D eigenvalue weighted by Crippen LogP contribution is 2.23. The van der Waals surface area contributed by atoms with Crippen molar-refractivity contribution in [2.24, 2.45) is 0 Å². The smallest absolute Gasteiger partial charge is 0.292 e. The Bertz CT molecular complexity index is 649. The molecule has 0 bridgehead atoms. The molecule has 0 radical (unpaired) electrons. The molecule has 0 unspecified atom stereocenters. The normalized spacial score (nSPS) is 10.3. The third-order valence-corrected chi connectivity index (χ3v) is 2.94. The number of amides is 1. The molecule has 0 fully saturated rings. The van der Waals surface area contributed by atoms with E-state index in [9.17, 15) is 14.9 Å². The minimum absolute atomic E-state index is 0.0698. The SMILES string of the molecule is Cc1nn(CC(=O)Nc2ccccc2[N+](=O)[O-])cc1Cl. The summed E-state index contributed by atoms with van der Waals surface area (Å²) in [5, 5.41) is 17.8. The number of carbonyl (C=O) groups is 1. The average molecular weight is 295 g/mol. The van der Waals surface area contributed by atoms with E-state index in [0.29, 0.717) is 10.7 Å². The number of para-hydroxylation sites is 2. The van der Waals surface area contributed by atoms with Gasteiger partial charge in [0, 0.05) is 12.3 Å². The number of hydrogen-bond donors (Lipinski definition) is 1. The molecule has 0 aliphatic carbocycles. The molecule has 1 N–H and O–H groups in total. The molecule has 7 nitrogen and oxygen atoms in total. The molecule has 1 aromatic heterocycles. The van der Waals surface area contributed by atoms with E-state index >= 15 is 0 Å². The second-order valence-electron chi connectivity index (χ2n) is 4.08. The maximum Gasteiger partial charge on any atom is 0.292 e. The van der Waals surface area contributed by atoms with Crippen molar-refractivity contribution in [3.8, 4) is 0 Å². The number of hydrogen-bond acceptors (Lipinski definition) is 4. The fourth-order valence-electron chi connectivity index (χ4n) is 1.65. The second kappa shape index (κ2) is 5.70. The number of nitro groups is 1. The Morgan fingerprint density at radius 3 is 2.80 bits per heavy atom. The van der Waals surface area contributed by atoms with Crippen LogP contribution in [0, 0.1) is 17.0 Å². The Labute approximate surface area is 119 Å². The number of carbonyl (C=O) groups excluding carboxylic acids is 1. The molecular weight excluding hydrogens is 284 g/mol. The van der Waals surface area contributed by atoms with Gasteiger partial charge in [-0.25, -0.2) is 0 Å². The minimum atomic E-state index is -0.551. The zero-order valence-corrected chi connectivity index (χ0v) is 11.3. The Morgan fingerprint density at radius 2 is 2.20 bits per heavy atom. The third-order valence-electron chi connectivity index (χ3n) is 2.57. The fraction of sp³-hybridized carbons (Fsp3) is 0.167. The summed E-state index contributed by atoms with van der Waals surface area (Å²) in [5.74, 6) is -0.418. The number of aryl methyl sites for hydroxylation is 1. The van der Waals surface area contributed by atoms with E-state index in [1.165, 1.54) is 29.1 Å². The van der Waals surface area contributed by atoms with Crippen molar-refractivity contribution in [2.45, 2.75) is 13.5 Å². The highest BCUT2D eigenvalue weighted by Gasteiger charge is 2.15. The molecule has 0 saturated heterocycles. The minimum Gasteiger partial charge on any atom is -0.319 e. The third kappa shape index (κ3) is 3.12. The first-order valence-corrected chi connectivity index (χ1v) is 6.08. The molecule has 0 saturated carbocycles. The summed E-state index contributed by atoms with van der Waals surface area (Å²) in [6.07, 6.45) is 1.52. The summed E-state index contributed by atoms with van der Waals surface area (Å²) < 4.78 is 1.38. The van der Waals surface area contributed by atoms with Crippen molar-refractivity contribution >= 4 is 28.9 Å². The Balaban J connectivity index is 2.10. The molecule has 1 aromatic carbocycles.